The van der Waals surface area contributed by atoms with E-state index in [1.807, 2.05) is 4.90 Å². The van der Waals surface area contributed by atoms with E-state index in [4.69, 9.17) is 17.2 Å². The van der Waals surface area contributed by atoms with Crippen LogP contribution in [0.25, 0.3) is 0 Å². The Kier molecular flexibility index (Phi) is 3.86. The number of nitrogens with two attached hydrogens (primary N) is 3. The molecule has 8 nitrogen and oxygen atoms in total. The fraction of sp³-hybridized carbons (Fsp3) is 0.500. The van der Waals surface area contributed by atoms with E-state index in [2.05, 4.69) is 10.3 Å². The third kappa shape index (κ3) is 3.12. The van der Waals surface area contributed by atoms with Crippen molar-refractivity contribution < 1.29 is 9.59 Å². The second kappa shape index (κ2) is 5.41. The van der Waals surface area contributed by atoms with Gasteiger partial charge in [0.15, 0.2) is 5.13 Å². The molecule has 9 heteroatoms. The Hall–Kier alpha value is -1.87. The van der Waals surface area contributed by atoms with Crippen molar-refractivity contribution in [2.24, 2.45) is 11.5 Å². The predicted octanol–water partition coefficient (Wildman–Crippen LogP) is -1.52. The van der Waals surface area contributed by atoms with Crippen LogP contribution in [0, 0.1) is 0 Å². The average Bonchev–Trinajstić information content (AvgIpc) is 2.92. The van der Waals surface area contributed by atoms with Crippen molar-refractivity contribution in [1.29, 1.82) is 0 Å². The number of amides is 2. The Morgan fingerprint density at radius 2 is 2.26 bits per heavy atom. The zero-order valence-corrected chi connectivity index (χ0v) is 11.1. The second-order valence-corrected chi connectivity index (χ2v) is 5.33. The van der Waals surface area contributed by atoms with Gasteiger partial charge in [-0.2, -0.15) is 0 Å². The zero-order chi connectivity index (χ0) is 14.0. The van der Waals surface area contributed by atoms with Gasteiger partial charge in [-0.05, 0) is 6.42 Å². The van der Waals surface area contributed by atoms with Crippen LogP contribution >= 0.6 is 11.3 Å². The molecule has 1 atom stereocenters. The first-order valence-corrected chi connectivity index (χ1v) is 6.62. The number of hydrogen-bond acceptors (Lipinski definition) is 7. The van der Waals surface area contributed by atoms with Gasteiger partial charge in [0.05, 0.1) is 6.54 Å². The molecule has 0 spiro atoms. The van der Waals surface area contributed by atoms with Crippen LogP contribution in [0.3, 0.4) is 0 Å². The fourth-order valence-corrected chi connectivity index (χ4v) is 2.76. The average molecular weight is 284 g/mol. The van der Waals surface area contributed by atoms with E-state index < -0.39 is 11.8 Å². The predicted molar refractivity (Wildman–Crippen MR) is 72.9 cm³/mol. The summed E-state index contributed by atoms with van der Waals surface area (Å²) < 4.78 is 0. The number of thiazole rings is 1. The van der Waals surface area contributed by atoms with Gasteiger partial charge in [-0.15, -0.1) is 0 Å². The van der Waals surface area contributed by atoms with Gasteiger partial charge in [0.25, 0.3) is 5.91 Å². The normalized spacial score (nSPS) is 18.6. The third-order valence-electron chi connectivity index (χ3n) is 2.77. The number of rotatable bonds is 4. The van der Waals surface area contributed by atoms with Crippen molar-refractivity contribution in [3.05, 3.63) is 4.88 Å². The molecule has 1 aliphatic heterocycles. The minimum atomic E-state index is -0.609. The smallest absolute Gasteiger partial charge is 0.265 e. The van der Waals surface area contributed by atoms with E-state index >= 15 is 0 Å². The first-order chi connectivity index (χ1) is 8.97. The molecule has 1 aromatic heterocycles. The van der Waals surface area contributed by atoms with Crippen LogP contribution in [0.5, 0.6) is 0 Å². The van der Waals surface area contributed by atoms with Crippen LogP contribution in [-0.4, -0.2) is 42.5 Å². The first-order valence-electron chi connectivity index (χ1n) is 5.80. The number of hydrogen-bond donors (Lipinski definition) is 4. The summed E-state index contributed by atoms with van der Waals surface area (Å²) in [7, 11) is 0. The number of carbonyl (C=O) groups is 2. The summed E-state index contributed by atoms with van der Waals surface area (Å²) in [5.41, 5.74) is 16.5. The molecule has 1 saturated heterocycles. The van der Waals surface area contributed by atoms with Crippen LogP contribution < -0.4 is 27.4 Å². The lowest BCUT2D eigenvalue weighted by molar-refractivity contribution is -0.117. The lowest BCUT2D eigenvalue weighted by atomic mass is 10.3. The van der Waals surface area contributed by atoms with Crippen LogP contribution in [0.4, 0.5) is 10.9 Å². The quantitative estimate of drug-likeness (QED) is 0.529. The van der Waals surface area contributed by atoms with Crippen molar-refractivity contribution in [2.45, 2.75) is 12.5 Å². The standard InChI is InChI=1S/C10H16N6O2S/c11-5-1-2-16(4-5)10-15-8(13)7(19-10)9(18)14-3-6(12)17/h5H,1-4,11,13H2,(H2,12,17)(H,14,18). The number of nitrogens with zero attached hydrogens (tertiary/aromatic N) is 2. The highest BCUT2D eigenvalue weighted by Gasteiger charge is 2.24. The number of nitrogens with one attached hydrogen (secondary N) is 1. The molecular formula is C10H16N6O2S. The number of primary amides is 1. The summed E-state index contributed by atoms with van der Waals surface area (Å²) in [4.78, 5) is 28.9. The van der Waals surface area contributed by atoms with Gasteiger partial charge >= 0.3 is 0 Å². The van der Waals surface area contributed by atoms with E-state index in [1.54, 1.807) is 0 Å². The Bertz CT molecular complexity index is 502. The fourth-order valence-electron chi connectivity index (χ4n) is 1.83. The van der Waals surface area contributed by atoms with Crippen molar-refractivity contribution >= 4 is 34.1 Å². The molecule has 1 fully saturated rings. The SMILES string of the molecule is NC(=O)CNC(=O)c1sc(N2CCC(N)C2)nc1N. The molecule has 1 unspecified atom stereocenters. The highest BCUT2D eigenvalue weighted by Crippen LogP contribution is 2.29. The van der Waals surface area contributed by atoms with Gasteiger partial charge in [0.2, 0.25) is 5.91 Å². The van der Waals surface area contributed by atoms with Crippen LogP contribution in [0.15, 0.2) is 0 Å². The second-order valence-electron chi connectivity index (χ2n) is 4.35. The van der Waals surface area contributed by atoms with Gasteiger partial charge in [-0.25, -0.2) is 4.98 Å². The lowest BCUT2D eigenvalue weighted by Gasteiger charge is -2.12. The lowest BCUT2D eigenvalue weighted by Crippen LogP contribution is -2.33. The molecule has 7 N–H and O–H groups in total. The van der Waals surface area contributed by atoms with E-state index in [1.165, 1.54) is 11.3 Å². The molecule has 2 heterocycles. The Morgan fingerprint density at radius 3 is 2.84 bits per heavy atom. The molecule has 0 aromatic carbocycles. The topological polar surface area (TPSA) is 140 Å². The molecule has 0 aliphatic carbocycles. The molecule has 1 aliphatic rings. The molecular weight excluding hydrogens is 268 g/mol. The maximum absolute atomic E-state index is 11.8. The summed E-state index contributed by atoms with van der Waals surface area (Å²) in [6, 6.07) is 0.122. The Balaban J connectivity index is 2.08. The van der Waals surface area contributed by atoms with Crippen molar-refractivity contribution in [3.8, 4) is 0 Å². The van der Waals surface area contributed by atoms with E-state index in [0.717, 1.165) is 13.0 Å². The molecule has 1 aromatic rings. The Labute approximate surface area is 113 Å². The molecule has 2 amide bonds. The summed E-state index contributed by atoms with van der Waals surface area (Å²) in [6.45, 7) is 1.28. The minimum absolute atomic E-state index is 0.122. The largest absolute Gasteiger partial charge is 0.382 e. The maximum atomic E-state index is 11.8. The number of nitrogen functional groups attached to an aromatic ring is 1. The number of aromatic nitrogens is 1. The Morgan fingerprint density at radius 1 is 1.53 bits per heavy atom. The summed E-state index contributed by atoms with van der Waals surface area (Å²) in [6.07, 6.45) is 0.892. The van der Waals surface area contributed by atoms with Crippen molar-refractivity contribution in [3.63, 3.8) is 0 Å². The van der Waals surface area contributed by atoms with Gasteiger partial charge < -0.3 is 27.4 Å². The highest BCUT2D eigenvalue weighted by molar-refractivity contribution is 7.18. The summed E-state index contributed by atoms with van der Waals surface area (Å²) >= 11 is 1.19. The monoisotopic (exact) mass is 284 g/mol. The molecule has 2 rings (SSSR count). The number of carbonyl (C=O) groups excluding carboxylic acids is 2. The summed E-state index contributed by atoms with van der Waals surface area (Å²) in [5, 5.41) is 3.06. The van der Waals surface area contributed by atoms with E-state index in [-0.39, 0.29) is 23.3 Å². The molecule has 0 bridgehead atoms. The summed E-state index contributed by atoms with van der Waals surface area (Å²) in [5.74, 6) is -0.895. The minimum Gasteiger partial charge on any atom is -0.382 e. The third-order valence-corrected chi connectivity index (χ3v) is 3.90. The molecule has 0 saturated carbocycles. The maximum Gasteiger partial charge on any atom is 0.265 e. The van der Waals surface area contributed by atoms with Crippen molar-refractivity contribution in [2.75, 3.05) is 30.3 Å². The van der Waals surface area contributed by atoms with E-state index in [9.17, 15) is 9.59 Å². The highest BCUT2D eigenvalue weighted by atomic mass is 32.1. The van der Waals surface area contributed by atoms with Gasteiger partial charge in [-0.3, -0.25) is 9.59 Å². The molecule has 104 valence electrons. The van der Waals surface area contributed by atoms with Crippen LogP contribution in [-0.2, 0) is 4.79 Å². The van der Waals surface area contributed by atoms with Crippen molar-refractivity contribution in [1.82, 2.24) is 10.3 Å². The van der Waals surface area contributed by atoms with Crippen LogP contribution in [0.1, 0.15) is 16.1 Å². The molecule has 0 radical (unpaired) electrons. The first kappa shape index (κ1) is 13.6. The van der Waals surface area contributed by atoms with Crippen LogP contribution in [0.2, 0.25) is 0 Å². The van der Waals surface area contributed by atoms with Gasteiger partial charge in [0, 0.05) is 19.1 Å². The van der Waals surface area contributed by atoms with Gasteiger partial charge in [0.1, 0.15) is 10.7 Å². The zero-order valence-electron chi connectivity index (χ0n) is 10.3. The molecule has 19 heavy (non-hydrogen) atoms. The van der Waals surface area contributed by atoms with E-state index in [0.29, 0.717) is 11.7 Å². The number of anilines is 2. The van der Waals surface area contributed by atoms with Gasteiger partial charge in [-0.1, -0.05) is 11.3 Å².